The molecule has 0 atom stereocenters. The first-order valence-electron chi connectivity index (χ1n) is 9.52. The van der Waals surface area contributed by atoms with E-state index >= 15 is 0 Å². The van der Waals surface area contributed by atoms with Gasteiger partial charge in [-0.1, -0.05) is 25.1 Å². The second kappa shape index (κ2) is 7.54. The van der Waals surface area contributed by atoms with Crippen LogP contribution in [-0.4, -0.2) is 51.6 Å². The van der Waals surface area contributed by atoms with Gasteiger partial charge in [-0.25, -0.2) is 20.0 Å². The number of nitrogens with one attached hydrogen (secondary N) is 1. The maximum Gasteiger partial charge on any atom is 0.225 e. The van der Waals surface area contributed by atoms with E-state index in [0.29, 0.717) is 12.5 Å². The normalized spacial score (nSPS) is 15.5. The van der Waals surface area contributed by atoms with Crippen molar-refractivity contribution >= 4 is 32.7 Å². The van der Waals surface area contributed by atoms with E-state index in [2.05, 4.69) is 45.7 Å². The molecule has 1 aliphatic heterocycles. The third-order valence-electron chi connectivity index (χ3n) is 5.62. The Morgan fingerprint density at radius 3 is 2.68 bits per heavy atom. The van der Waals surface area contributed by atoms with Gasteiger partial charge in [-0.05, 0) is 42.0 Å². The van der Waals surface area contributed by atoms with Crippen molar-refractivity contribution in [3.8, 4) is 0 Å². The molecular weight excluding hydrogens is 373 g/mol. The van der Waals surface area contributed by atoms with Gasteiger partial charge in [0.1, 0.15) is 5.82 Å². The summed E-state index contributed by atoms with van der Waals surface area (Å²) >= 11 is 0. The molecule has 1 fully saturated rings. The van der Waals surface area contributed by atoms with Crippen molar-refractivity contribution in [2.24, 2.45) is 0 Å². The molecule has 0 spiro atoms. The van der Waals surface area contributed by atoms with Crippen LogP contribution in [0.25, 0.3) is 10.9 Å². The summed E-state index contributed by atoms with van der Waals surface area (Å²) in [6.45, 7) is 4.90. The predicted molar refractivity (Wildman–Crippen MR) is 119 cm³/mol. The lowest BCUT2D eigenvalue weighted by molar-refractivity contribution is 0.582. The van der Waals surface area contributed by atoms with Crippen LogP contribution in [0, 0.1) is 5.95 Å². The van der Waals surface area contributed by atoms with Crippen LogP contribution in [0.15, 0.2) is 42.6 Å². The van der Waals surface area contributed by atoms with Gasteiger partial charge >= 0.3 is 0 Å². The lowest BCUT2D eigenvalue weighted by Gasteiger charge is -2.51. The molecule has 7 heteroatoms. The molecule has 0 bridgehead atoms. The third-order valence-corrected chi connectivity index (χ3v) is 9.21. The Hall–Kier alpha value is -2.41. The smallest absolute Gasteiger partial charge is 0.225 e. The molecule has 1 saturated heterocycles. The van der Waals surface area contributed by atoms with Crippen LogP contribution in [0.4, 0.5) is 16.2 Å². The molecule has 0 saturated carbocycles. The minimum atomic E-state index is -0.554. The number of fused-ring (bicyclic) bond motifs is 1. The van der Waals surface area contributed by atoms with Crippen LogP contribution < -0.4 is 10.2 Å². The van der Waals surface area contributed by atoms with Crippen LogP contribution in [0.2, 0.25) is 0 Å². The summed E-state index contributed by atoms with van der Waals surface area (Å²) in [5.74, 6) is 2.36. The second-order valence-corrected chi connectivity index (χ2v) is 12.2. The first kappa shape index (κ1) is 18.9. The second-order valence-electron chi connectivity index (χ2n) is 7.67. The largest absolute Gasteiger partial charge is 0.354 e. The highest BCUT2D eigenvalue weighted by Gasteiger charge is 2.36. The Morgan fingerprint density at radius 1 is 1.18 bits per heavy atom. The first-order chi connectivity index (χ1) is 13.5. The molecule has 5 nitrogen and oxygen atoms in total. The van der Waals surface area contributed by atoms with Crippen molar-refractivity contribution in [3.63, 3.8) is 0 Å². The molecule has 1 aliphatic rings. The van der Waals surface area contributed by atoms with E-state index in [9.17, 15) is 4.39 Å². The van der Waals surface area contributed by atoms with Crippen molar-refractivity contribution < 1.29 is 5.82 Å². The quantitative estimate of drug-likeness (QED) is 0.624. The molecule has 3 heterocycles. The lowest BCUT2D eigenvalue weighted by Crippen LogP contribution is -2.53. The third kappa shape index (κ3) is 3.76. The maximum atomic E-state index is 13.0. The van der Waals surface area contributed by atoms with Gasteiger partial charge in [-0.3, -0.25) is 0 Å². The summed E-state index contributed by atoms with van der Waals surface area (Å²) < 4.78 is 13.0. The van der Waals surface area contributed by atoms with Crippen LogP contribution in [0.5, 0.6) is 0 Å². The van der Waals surface area contributed by atoms with Crippen LogP contribution >= 0.6 is 10.0 Å². The first-order valence-corrected chi connectivity index (χ1v) is 12.2. The molecular formula is C21H28FN5S. The fraction of sp³-hybridized carbons (Fsp3) is 0.381. The molecule has 4 rings (SSSR count). The summed E-state index contributed by atoms with van der Waals surface area (Å²) in [6.07, 6.45) is 6.38. The van der Waals surface area contributed by atoms with Crippen molar-refractivity contribution in [2.75, 3.05) is 41.6 Å². The number of halogens is 1. The highest BCUT2D eigenvalue weighted by Crippen LogP contribution is 2.49. The van der Waals surface area contributed by atoms with Gasteiger partial charge in [0.2, 0.25) is 11.9 Å². The zero-order valence-electron chi connectivity index (χ0n) is 16.5. The van der Waals surface area contributed by atoms with Crippen molar-refractivity contribution in [3.05, 3.63) is 54.1 Å². The summed E-state index contributed by atoms with van der Waals surface area (Å²) in [4.78, 5) is 15.5. The molecule has 0 amide bonds. The van der Waals surface area contributed by atoms with Crippen molar-refractivity contribution in [2.45, 2.75) is 18.7 Å². The van der Waals surface area contributed by atoms with Crippen LogP contribution in [0.3, 0.4) is 0 Å². The number of hydrogen-bond donors (Lipinski definition) is 1. The predicted octanol–water partition coefficient (Wildman–Crippen LogP) is 4.29. The number of benzene rings is 1. The molecule has 150 valence electrons. The number of pyridine rings is 1. The topological polar surface area (TPSA) is 53.9 Å². The fourth-order valence-corrected chi connectivity index (χ4v) is 4.96. The average Bonchev–Trinajstić information content (AvgIpc) is 2.66. The Labute approximate surface area is 168 Å². The lowest BCUT2D eigenvalue weighted by atomic mass is 10.1. The minimum Gasteiger partial charge on any atom is -0.354 e. The zero-order valence-corrected chi connectivity index (χ0v) is 17.3. The Bertz CT molecular complexity index is 976. The summed E-state index contributed by atoms with van der Waals surface area (Å²) in [5, 5.41) is 5.10. The molecule has 3 aromatic rings. The molecule has 2 aromatic heterocycles. The summed E-state index contributed by atoms with van der Waals surface area (Å²) in [5.41, 5.74) is 1.81. The SMILES string of the molecule is CCS(C)(C)C1CN(c2nc(NCc3ccc(F)nc3)nc3ccccc23)C1.[HH]. The van der Waals surface area contributed by atoms with E-state index < -0.39 is 16.0 Å². The van der Waals surface area contributed by atoms with E-state index in [1.54, 1.807) is 6.07 Å². The molecule has 1 aromatic carbocycles. The average molecular weight is 402 g/mol. The van der Waals surface area contributed by atoms with Gasteiger partial charge in [0, 0.05) is 37.9 Å². The van der Waals surface area contributed by atoms with E-state index in [4.69, 9.17) is 4.98 Å². The zero-order chi connectivity index (χ0) is 19.7. The van der Waals surface area contributed by atoms with Crippen molar-refractivity contribution in [1.82, 2.24) is 15.0 Å². The van der Waals surface area contributed by atoms with Gasteiger partial charge in [0.15, 0.2) is 0 Å². The molecule has 0 radical (unpaired) electrons. The standard InChI is InChI=1S/C21H26FN5S.H2/c1-4-28(2,3)16-13-27(14-16)20-17-7-5-6-8-18(17)25-21(26-20)24-12-15-9-10-19(22)23-11-15;/h5-11,16H,4,12-14H2,1-3H3,(H,24,25,26);1H. The number of hydrogen-bond acceptors (Lipinski definition) is 5. The Kier molecular flexibility index (Phi) is 5.10. The monoisotopic (exact) mass is 401 g/mol. The number of anilines is 2. The molecule has 0 unspecified atom stereocenters. The number of aromatic nitrogens is 3. The number of rotatable bonds is 6. The van der Waals surface area contributed by atoms with Crippen LogP contribution in [0.1, 0.15) is 13.9 Å². The Morgan fingerprint density at radius 2 is 1.96 bits per heavy atom. The van der Waals surface area contributed by atoms with Gasteiger partial charge in [0.25, 0.3) is 0 Å². The van der Waals surface area contributed by atoms with Gasteiger partial charge in [0.05, 0.1) is 5.52 Å². The Balaban J connectivity index is 0.00000240. The summed E-state index contributed by atoms with van der Waals surface area (Å²) in [6, 6.07) is 11.2. The molecule has 0 aliphatic carbocycles. The highest BCUT2D eigenvalue weighted by atomic mass is 32.3. The van der Waals surface area contributed by atoms with Crippen LogP contribution in [-0.2, 0) is 6.54 Å². The van der Waals surface area contributed by atoms with E-state index in [1.807, 2.05) is 18.2 Å². The molecule has 28 heavy (non-hydrogen) atoms. The highest BCUT2D eigenvalue weighted by molar-refractivity contribution is 8.33. The molecule has 1 N–H and O–H groups in total. The van der Waals surface area contributed by atoms with E-state index in [0.717, 1.165) is 40.6 Å². The van der Waals surface area contributed by atoms with E-state index in [1.165, 1.54) is 18.0 Å². The van der Waals surface area contributed by atoms with Crippen molar-refractivity contribution in [1.29, 1.82) is 0 Å². The summed E-state index contributed by atoms with van der Waals surface area (Å²) in [7, 11) is -0.554. The number of para-hydroxylation sites is 1. The van der Waals surface area contributed by atoms with Gasteiger partial charge in [-0.15, -0.1) is 0 Å². The minimum absolute atomic E-state index is 0. The number of nitrogens with zero attached hydrogens (tertiary/aromatic N) is 4. The maximum absolute atomic E-state index is 13.0. The fourth-order valence-electron chi connectivity index (χ4n) is 3.32. The van der Waals surface area contributed by atoms with E-state index in [-0.39, 0.29) is 1.43 Å². The van der Waals surface area contributed by atoms with Gasteiger partial charge < -0.3 is 10.2 Å². The van der Waals surface area contributed by atoms with Gasteiger partial charge in [-0.2, -0.15) is 9.37 Å².